The molecule has 0 aliphatic carbocycles. The fraction of sp³-hybridized carbons (Fsp3) is 0.900. The number of hydrogen-bond donors (Lipinski definition) is 0. The Morgan fingerprint density at radius 1 is 0.818 bits per heavy atom. The summed E-state index contributed by atoms with van der Waals surface area (Å²) in [4.78, 5) is 6.60. The Morgan fingerprint density at radius 3 is 1.77 bits per heavy atom. The fourth-order valence-electron chi connectivity index (χ4n) is 3.21. The average Bonchev–Trinajstić information content (AvgIpc) is 3.06. The zero-order chi connectivity index (χ0) is 15.9. The molecule has 0 bridgehead atoms. The van der Waals surface area contributed by atoms with Crippen molar-refractivity contribution in [3.8, 4) is 0 Å². The average molecular weight is 308 g/mol. The minimum Gasteiger partial charge on any atom is -0.353 e. The van der Waals surface area contributed by atoms with Crippen molar-refractivity contribution >= 4 is 6.34 Å². The van der Waals surface area contributed by atoms with E-state index in [1.165, 1.54) is 95.9 Å². The van der Waals surface area contributed by atoms with Crippen LogP contribution in [-0.4, -0.2) is 24.3 Å². The van der Waals surface area contributed by atoms with E-state index < -0.39 is 0 Å². The van der Waals surface area contributed by atoms with Gasteiger partial charge in [-0.3, -0.25) is 4.99 Å². The molecular weight excluding hydrogens is 268 g/mol. The topological polar surface area (TPSA) is 15.6 Å². The van der Waals surface area contributed by atoms with Crippen LogP contribution in [0.1, 0.15) is 104 Å². The Balaban J connectivity index is 1.73. The summed E-state index contributed by atoms with van der Waals surface area (Å²) < 4.78 is 0. The van der Waals surface area contributed by atoms with Crippen LogP contribution < -0.4 is 0 Å². The van der Waals surface area contributed by atoms with Crippen molar-refractivity contribution in [1.29, 1.82) is 0 Å². The van der Waals surface area contributed by atoms with Gasteiger partial charge >= 0.3 is 0 Å². The molecule has 1 aliphatic heterocycles. The maximum absolute atomic E-state index is 4.28. The van der Waals surface area contributed by atoms with Gasteiger partial charge in [0.1, 0.15) is 0 Å². The molecule has 2 nitrogen and oxygen atoms in total. The fourth-order valence-corrected chi connectivity index (χ4v) is 3.21. The minimum atomic E-state index is 0.982. The van der Waals surface area contributed by atoms with Crippen molar-refractivity contribution < 1.29 is 0 Å². The summed E-state index contributed by atoms with van der Waals surface area (Å²) in [5, 5.41) is 0. The maximum Gasteiger partial charge on any atom is 0.0856 e. The third kappa shape index (κ3) is 10.2. The molecule has 0 saturated heterocycles. The van der Waals surface area contributed by atoms with Gasteiger partial charge in [-0.05, 0) is 13.3 Å². The zero-order valence-corrected chi connectivity index (χ0v) is 15.3. The molecule has 0 aromatic heterocycles. The lowest BCUT2D eigenvalue weighted by atomic mass is 10.0. The summed E-state index contributed by atoms with van der Waals surface area (Å²) in [6, 6.07) is 1.50. The minimum absolute atomic E-state index is 0.982. The molecule has 0 unspecified atom stereocenters. The standard InChI is InChI=1S/C20H39N2/c1-3-4-5-6-7-8-9-10-11-12-13-14-15-16-20(2)22-18-17-21-19-22/h19H,3-18H2,1-2H3. The molecular formula is C20H39N2. The van der Waals surface area contributed by atoms with Gasteiger partial charge in [-0.25, -0.2) is 0 Å². The summed E-state index contributed by atoms with van der Waals surface area (Å²) in [5.74, 6) is 0. The zero-order valence-electron chi connectivity index (χ0n) is 15.3. The molecule has 1 radical (unpaired) electrons. The molecule has 1 rings (SSSR count). The predicted molar refractivity (Wildman–Crippen MR) is 99.3 cm³/mol. The van der Waals surface area contributed by atoms with E-state index >= 15 is 0 Å². The molecule has 22 heavy (non-hydrogen) atoms. The number of hydrogen-bond acceptors (Lipinski definition) is 2. The highest BCUT2D eigenvalue weighted by molar-refractivity contribution is 5.59. The van der Waals surface area contributed by atoms with Crippen LogP contribution in [0.3, 0.4) is 0 Å². The molecule has 0 atom stereocenters. The smallest absolute Gasteiger partial charge is 0.0856 e. The van der Waals surface area contributed by atoms with E-state index in [0.717, 1.165) is 13.1 Å². The van der Waals surface area contributed by atoms with Crippen molar-refractivity contribution in [3.63, 3.8) is 0 Å². The maximum atomic E-state index is 4.28. The highest BCUT2D eigenvalue weighted by Gasteiger charge is 2.13. The van der Waals surface area contributed by atoms with E-state index in [1.807, 2.05) is 6.34 Å². The Morgan fingerprint density at radius 2 is 1.32 bits per heavy atom. The molecule has 1 aliphatic rings. The van der Waals surface area contributed by atoms with Crippen LogP contribution in [0, 0.1) is 6.04 Å². The second kappa shape index (κ2) is 14.1. The first kappa shape index (κ1) is 19.5. The number of aliphatic imine (C=N–C) groups is 1. The molecule has 2 heteroatoms. The van der Waals surface area contributed by atoms with Gasteiger partial charge in [0.25, 0.3) is 0 Å². The molecule has 0 N–H and O–H groups in total. The monoisotopic (exact) mass is 307 g/mol. The third-order valence-corrected chi connectivity index (χ3v) is 4.82. The number of nitrogens with zero attached hydrogens (tertiary/aromatic N) is 2. The van der Waals surface area contributed by atoms with Gasteiger partial charge in [0, 0.05) is 6.54 Å². The number of rotatable bonds is 15. The second-order valence-corrected chi connectivity index (χ2v) is 6.94. The first-order valence-corrected chi connectivity index (χ1v) is 9.93. The first-order chi connectivity index (χ1) is 10.8. The lowest BCUT2D eigenvalue weighted by molar-refractivity contribution is 0.439. The Labute approximate surface area is 139 Å². The molecule has 1 heterocycles. The number of unbranched alkanes of at least 4 members (excludes halogenated alkanes) is 12. The van der Waals surface area contributed by atoms with E-state index in [4.69, 9.17) is 0 Å². The Hall–Kier alpha value is -0.530. The SMILES string of the molecule is CCCCCCCCCCCCCCC[C](C)N1C=NCC1. The summed E-state index contributed by atoms with van der Waals surface area (Å²) >= 11 is 0. The molecule has 0 saturated carbocycles. The van der Waals surface area contributed by atoms with Crippen molar-refractivity contribution in [2.24, 2.45) is 4.99 Å². The van der Waals surface area contributed by atoms with Gasteiger partial charge in [-0.1, -0.05) is 90.4 Å². The van der Waals surface area contributed by atoms with Crippen LogP contribution in [-0.2, 0) is 0 Å². The predicted octanol–water partition coefficient (Wildman–Crippen LogP) is 6.36. The highest BCUT2D eigenvalue weighted by Crippen LogP contribution is 2.18. The van der Waals surface area contributed by atoms with E-state index in [0.29, 0.717) is 0 Å². The van der Waals surface area contributed by atoms with Crippen molar-refractivity contribution in [2.45, 2.75) is 104 Å². The van der Waals surface area contributed by atoms with Gasteiger partial charge in [0.05, 0.1) is 18.9 Å². The van der Waals surface area contributed by atoms with Crippen LogP contribution in [0.15, 0.2) is 4.99 Å². The molecule has 0 amide bonds. The van der Waals surface area contributed by atoms with Crippen LogP contribution in [0.2, 0.25) is 0 Å². The quantitative estimate of drug-likeness (QED) is 0.321. The van der Waals surface area contributed by atoms with Crippen molar-refractivity contribution in [1.82, 2.24) is 4.90 Å². The van der Waals surface area contributed by atoms with E-state index in [-0.39, 0.29) is 0 Å². The van der Waals surface area contributed by atoms with Crippen LogP contribution >= 0.6 is 0 Å². The molecule has 0 spiro atoms. The van der Waals surface area contributed by atoms with E-state index in [1.54, 1.807) is 0 Å². The van der Waals surface area contributed by atoms with E-state index in [2.05, 4.69) is 23.7 Å². The normalized spacial score (nSPS) is 14.4. The molecule has 129 valence electrons. The lowest BCUT2D eigenvalue weighted by Crippen LogP contribution is -2.23. The Bertz CT molecular complexity index is 262. The largest absolute Gasteiger partial charge is 0.353 e. The summed E-state index contributed by atoms with van der Waals surface area (Å²) in [5.41, 5.74) is 0. The first-order valence-electron chi connectivity index (χ1n) is 9.93. The second-order valence-electron chi connectivity index (χ2n) is 6.94. The lowest BCUT2D eigenvalue weighted by Gasteiger charge is -2.21. The van der Waals surface area contributed by atoms with Gasteiger partial charge < -0.3 is 4.90 Å². The van der Waals surface area contributed by atoms with Crippen LogP contribution in [0.25, 0.3) is 0 Å². The summed E-state index contributed by atoms with van der Waals surface area (Å²) in [6.07, 6.45) is 21.9. The summed E-state index contributed by atoms with van der Waals surface area (Å²) in [6.45, 7) is 6.64. The van der Waals surface area contributed by atoms with E-state index in [9.17, 15) is 0 Å². The van der Waals surface area contributed by atoms with Crippen molar-refractivity contribution in [2.75, 3.05) is 13.1 Å². The Kier molecular flexibility index (Phi) is 12.5. The van der Waals surface area contributed by atoms with Gasteiger partial charge in [-0.2, -0.15) is 0 Å². The molecule has 0 aromatic carbocycles. The van der Waals surface area contributed by atoms with Gasteiger partial charge in [-0.15, -0.1) is 0 Å². The van der Waals surface area contributed by atoms with Gasteiger partial charge in [0.15, 0.2) is 0 Å². The van der Waals surface area contributed by atoms with Crippen LogP contribution in [0.4, 0.5) is 0 Å². The van der Waals surface area contributed by atoms with Crippen molar-refractivity contribution in [3.05, 3.63) is 6.04 Å². The third-order valence-electron chi connectivity index (χ3n) is 4.82. The summed E-state index contributed by atoms with van der Waals surface area (Å²) in [7, 11) is 0. The molecule has 0 aromatic rings. The van der Waals surface area contributed by atoms with Gasteiger partial charge in [0.2, 0.25) is 0 Å². The van der Waals surface area contributed by atoms with Crippen LogP contribution in [0.5, 0.6) is 0 Å². The molecule has 0 fully saturated rings. The highest BCUT2D eigenvalue weighted by atomic mass is 15.2.